The molecule has 0 aromatic heterocycles. The standard InChI is InChI=1S/C22H20N2O2S/c25-20(18-12-6-2-7-13-18)24-22(27-16-17-10-4-1-5-11-17)21(26)23-19-14-8-3-9-15-19/h1-15,22H,16H2,(H,23,26)(H,24,25). The predicted octanol–water partition coefficient (Wildman–Crippen LogP) is 4.31. The van der Waals surface area contributed by atoms with Gasteiger partial charge in [-0.15, -0.1) is 11.8 Å². The molecule has 2 N–H and O–H groups in total. The molecule has 1 unspecified atom stereocenters. The fraction of sp³-hybridized carbons (Fsp3) is 0.0909. The molecule has 0 fully saturated rings. The highest BCUT2D eigenvalue weighted by Gasteiger charge is 2.22. The van der Waals surface area contributed by atoms with E-state index in [4.69, 9.17) is 0 Å². The molecule has 0 bridgehead atoms. The second-order valence-electron chi connectivity index (χ2n) is 5.87. The van der Waals surface area contributed by atoms with Crippen LogP contribution in [0.25, 0.3) is 0 Å². The van der Waals surface area contributed by atoms with E-state index >= 15 is 0 Å². The van der Waals surface area contributed by atoms with E-state index in [0.717, 1.165) is 5.56 Å². The number of amides is 2. The highest BCUT2D eigenvalue weighted by Crippen LogP contribution is 2.19. The number of anilines is 1. The molecule has 136 valence electrons. The molecule has 0 saturated carbocycles. The van der Waals surface area contributed by atoms with Gasteiger partial charge >= 0.3 is 0 Å². The summed E-state index contributed by atoms with van der Waals surface area (Å²) in [6, 6.07) is 28.0. The molecule has 1 atom stereocenters. The maximum absolute atomic E-state index is 12.8. The first kappa shape index (κ1) is 18.7. The van der Waals surface area contributed by atoms with Crippen molar-refractivity contribution in [3.05, 3.63) is 102 Å². The van der Waals surface area contributed by atoms with Gasteiger partial charge in [0, 0.05) is 17.0 Å². The van der Waals surface area contributed by atoms with Gasteiger partial charge in [0.05, 0.1) is 0 Å². The third kappa shape index (κ3) is 5.72. The lowest BCUT2D eigenvalue weighted by Crippen LogP contribution is -2.41. The third-order valence-electron chi connectivity index (χ3n) is 3.84. The molecule has 0 heterocycles. The van der Waals surface area contributed by atoms with Crippen molar-refractivity contribution >= 4 is 29.3 Å². The molecule has 0 saturated heterocycles. The van der Waals surface area contributed by atoms with Crippen molar-refractivity contribution in [3.8, 4) is 0 Å². The van der Waals surface area contributed by atoms with Gasteiger partial charge in [-0.05, 0) is 29.8 Å². The third-order valence-corrected chi connectivity index (χ3v) is 5.00. The van der Waals surface area contributed by atoms with Crippen molar-refractivity contribution < 1.29 is 9.59 Å². The molecule has 0 spiro atoms. The van der Waals surface area contributed by atoms with Crippen LogP contribution in [0.1, 0.15) is 15.9 Å². The Hall–Kier alpha value is -3.05. The molecule has 0 aliphatic rings. The lowest BCUT2D eigenvalue weighted by Gasteiger charge is -2.18. The normalized spacial score (nSPS) is 11.4. The summed E-state index contributed by atoms with van der Waals surface area (Å²) in [7, 11) is 0. The first-order chi connectivity index (χ1) is 13.2. The fourth-order valence-electron chi connectivity index (χ4n) is 2.46. The number of carbonyl (C=O) groups excluding carboxylic acids is 2. The van der Waals surface area contributed by atoms with Crippen LogP contribution in [-0.2, 0) is 10.5 Å². The van der Waals surface area contributed by atoms with E-state index in [0.29, 0.717) is 17.0 Å². The average Bonchev–Trinajstić information content (AvgIpc) is 2.73. The largest absolute Gasteiger partial charge is 0.332 e. The minimum atomic E-state index is -0.710. The van der Waals surface area contributed by atoms with Crippen LogP contribution in [0.3, 0.4) is 0 Å². The zero-order valence-corrected chi connectivity index (χ0v) is 15.5. The van der Waals surface area contributed by atoms with Gasteiger partial charge < -0.3 is 10.6 Å². The molecular weight excluding hydrogens is 356 g/mol. The maximum Gasteiger partial charge on any atom is 0.257 e. The Morgan fingerprint density at radius 3 is 1.96 bits per heavy atom. The molecular formula is C22H20N2O2S. The van der Waals surface area contributed by atoms with Crippen LogP contribution < -0.4 is 10.6 Å². The molecule has 0 aliphatic heterocycles. The number of carbonyl (C=O) groups is 2. The van der Waals surface area contributed by atoms with Crippen LogP contribution >= 0.6 is 11.8 Å². The zero-order chi connectivity index (χ0) is 18.9. The summed E-state index contributed by atoms with van der Waals surface area (Å²) in [6.45, 7) is 0. The Balaban J connectivity index is 1.71. The lowest BCUT2D eigenvalue weighted by atomic mass is 10.2. The minimum Gasteiger partial charge on any atom is -0.332 e. The maximum atomic E-state index is 12.8. The van der Waals surface area contributed by atoms with Crippen LogP contribution in [-0.4, -0.2) is 17.2 Å². The highest BCUT2D eigenvalue weighted by atomic mass is 32.2. The van der Waals surface area contributed by atoms with Crippen LogP contribution in [0, 0.1) is 0 Å². The number of hydrogen-bond acceptors (Lipinski definition) is 3. The smallest absolute Gasteiger partial charge is 0.257 e. The number of thioether (sulfide) groups is 1. The number of hydrogen-bond donors (Lipinski definition) is 2. The molecule has 5 heteroatoms. The number of rotatable bonds is 7. The first-order valence-corrected chi connectivity index (χ1v) is 9.64. The molecule has 4 nitrogen and oxygen atoms in total. The topological polar surface area (TPSA) is 58.2 Å². The summed E-state index contributed by atoms with van der Waals surface area (Å²) >= 11 is 1.38. The van der Waals surface area contributed by atoms with Crippen LogP contribution in [0.15, 0.2) is 91.0 Å². The van der Waals surface area contributed by atoms with Gasteiger partial charge in [0.2, 0.25) is 0 Å². The molecule has 0 radical (unpaired) electrons. The van der Waals surface area contributed by atoms with Crippen molar-refractivity contribution in [2.24, 2.45) is 0 Å². The van der Waals surface area contributed by atoms with Gasteiger partial charge in [-0.3, -0.25) is 9.59 Å². The van der Waals surface area contributed by atoms with E-state index in [1.165, 1.54) is 11.8 Å². The monoisotopic (exact) mass is 376 g/mol. The summed E-state index contributed by atoms with van der Waals surface area (Å²) in [6.07, 6.45) is 0. The number of benzene rings is 3. The number of para-hydroxylation sites is 1. The van der Waals surface area contributed by atoms with Crippen LogP contribution in [0.5, 0.6) is 0 Å². The highest BCUT2D eigenvalue weighted by molar-refractivity contribution is 7.99. The average molecular weight is 376 g/mol. The second-order valence-corrected chi connectivity index (χ2v) is 6.96. The van der Waals surface area contributed by atoms with E-state index < -0.39 is 5.37 Å². The number of nitrogens with one attached hydrogen (secondary N) is 2. The van der Waals surface area contributed by atoms with Crippen molar-refractivity contribution in [2.45, 2.75) is 11.1 Å². The zero-order valence-electron chi connectivity index (χ0n) is 14.7. The summed E-state index contributed by atoms with van der Waals surface area (Å²) < 4.78 is 0. The van der Waals surface area contributed by atoms with E-state index in [1.807, 2.05) is 66.7 Å². The van der Waals surface area contributed by atoms with Gasteiger partial charge in [0.1, 0.15) is 0 Å². The van der Waals surface area contributed by atoms with Crippen LogP contribution in [0.2, 0.25) is 0 Å². The summed E-state index contributed by atoms with van der Waals surface area (Å²) in [4.78, 5) is 25.3. The predicted molar refractivity (Wildman–Crippen MR) is 111 cm³/mol. The Morgan fingerprint density at radius 1 is 0.778 bits per heavy atom. The van der Waals surface area contributed by atoms with Gasteiger partial charge in [-0.2, -0.15) is 0 Å². The molecule has 27 heavy (non-hydrogen) atoms. The molecule has 3 aromatic rings. The molecule has 2 amide bonds. The van der Waals surface area contributed by atoms with Crippen LogP contribution in [0.4, 0.5) is 5.69 Å². The van der Waals surface area contributed by atoms with Crippen molar-refractivity contribution in [1.82, 2.24) is 5.32 Å². The summed E-state index contributed by atoms with van der Waals surface area (Å²) in [5, 5.41) is 4.99. The summed E-state index contributed by atoms with van der Waals surface area (Å²) in [5.74, 6) is 0.0822. The Kier molecular flexibility index (Phi) is 6.66. The second kappa shape index (κ2) is 9.59. The van der Waals surface area contributed by atoms with Gasteiger partial charge in [-0.25, -0.2) is 0 Å². The van der Waals surface area contributed by atoms with Crippen molar-refractivity contribution in [1.29, 1.82) is 0 Å². The van der Waals surface area contributed by atoms with Crippen molar-refractivity contribution in [3.63, 3.8) is 0 Å². The van der Waals surface area contributed by atoms with Gasteiger partial charge in [-0.1, -0.05) is 66.7 Å². The first-order valence-electron chi connectivity index (χ1n) is 8.60. The van der Waals surface area contributed by atoms with E-state index in [-0.39, 0.29) is 11.8 Å². The lowest BCUT2D eigenvalue weighted by molar-refractivity contribution is -0.116. The van der Waals surface area contributed by atoms with E-state index in [2.05, 4.69) is 10.6 Å². The molecule has 0 aliphatic carbocycles. The Bertz CT molecular complexity index is 871. The Labute approximate surface area is 163 Å². The Morgan fingerprint density at radius 2 is 1.33 bits per heavy atom. The summed E-state index contributed by atoms with van der Waals surface area (Å²) in [5.41, 5.74) is 2.31. The van der Waals surface area contributed by atoms with Gasteiger partial charge in [0.25, 0.3) is 11.8 Å². The SMILES string of the molecule is O=C(NC(SCc1ccccc1)C(=O)Nc1ccccc1)c1ccccc1. The minimum absolute atomic E-state index is 0.258. The van der Waals surface area contributed by atoms with E-state index in [1.54, 1.807) is 24.3 Å². The molecule has 3 aromatic carbocycles. The van der Waals surface area contributed by atoms with E-state index in [9.17, 15) is 9.59 Å². The quantitative estimate of drug-likeness (QED) is 0.604. The van der Waals surface area contributed by atoms with Gasteiger partial charge in [0.15, 0.2) is 5.37 Å². The van der Waals surface area contributed by atoms with Crippen molar-refractivity contribution in [2.75, 3.05) is 5.32 Å². The molecule has 3 rings (SSSR count). The fourth-order valence-corrected chi connectivity index (χ4v) is 3.41.